The number of phenols is 1. The molecule has 0 spiro atoms. The largest absolute Gasteiger partial charge is 0.508 e. The average Bonchev–Trinajstić information content (AvgIpc) is 2.81. The zero-order chi connectivity index (χ0) is 22.5. The Hall–Kier alpha value is -3.05. The Balaban J connectivity index is 0.00000106. The predicted molar refractivity (Wildman–Crippen MR) is 128 cm³/mol. The molecule has 0 amide bonds. The molecule has 0 saturated heterocycles. The highest BCUT2D eigenvalue weighted by atomic mass is 16.5. The van der Waals surface area contributed by atoms with Crippen LogP contribution >= 0.6 is 0 Å². The summed E-state index contributed by atoms with van der Waals surface area (Å²) in [5, 5.41) is 9.55. The second-order valence-electron chi connectivity index (χ2n) is 5.97. The number of aromatic nitrogens is 1. The molecule has 0 atom stereocenters. The first-order chi connectivity index (χ1) is 14.6. The first-order valence-electron chi connectivity index (χ1n) is 10.6. The SMILES string of the molecule is CC.CC.CCc1c(-c2ccc(OCCN)cc2)cnc(N)c1-c1ccc(O)cc1. The Labute approximate surface area is 180 Å². The molecule has 0 aliphatic rings. The van der Waals surface area contributed by atoms with Gasteiger partial charge in [-0.05, 0) is 47.4 Å². The normalized spacial score (nSPS) is 9.67. The second kappa shape index (κ2) is 13.2. The molecule has 162 valence electrons. The van der Waals surface area contributed by atoms with E-state index in [2.05, 4.69) is 11.9 Å². The number of anilines is 1. The van der Waals surface area contributed by atoms with E-state index in [9.17, 15) is 5.11 Å². The number of hydrogen-bond donors (Lipinski definition) is 3. The van der Waals surface area contributed by atoms with Gasteiger partial charge >= 0.3 is 0 Å². The van der Waals surface area contributed by atoms with Gasteiger partial charge in [0.1, 0.15) is 23.9 Å². The lowest BCUT2D eigenvalue weighted by Crippen LogP contribution is -2.10. The molecule has 2 aromatic carbocycles. The zero-order valence-electron chi connectivity index (χ0n) is 18.8. The molecule has 5 nitrogen and oxygen atoms in total. The summed E-state index contributed by atoms with van der Waals surface area (Å²) in [5.41, 5.74) is 16.7. The molecule has 3 aromatic rings. The van der Waals surface area contributed by atoms with Gasteiger partial charge in [0.15, 0.2) is 0 Å². The van der Waals surface area contributed by atoms with Crippen molar-refractivity contribution in [2.75, 3.05) is 18.9 Å². The topological polar surface area (TPSA) is 94.4 Å². The van der Waals surface area contributed by atoms with E-state index in [0.29, 0.717) is 19.0 Å². The van der Waals surface area contributed by atoms with E-state index < -0.39 is 0 Å². The van der Waals surface area contributed by atoms with E-state index >= 15 is 0 Å². The Morgan fingerprint density at radius 1 is 0.900 bits per heavy atom. The highest BCUT2D eigenvalue weighted by molar-refractivity contribution is 5.84. The van der Waals surface area contributed by atoms with Crippen molar-refractivity contribution in [1.82, 2.24) is 4.98 Å². The number of ether oxygens (including phenoxy) is 1. The van der Waals surface area contributed by atoms with Gasteiger partial charge in [-0.1, -0.05) is 58.9 Å². The van der Waals surface area contributed by atoms with Gasteiger partial charge in [-0.25, -0.2) is 4.98 Å². The lowest BCUT2D eigenvalue weighted by atomic mass is 9.92. The standard InChI is InChI=1S/C21H23N3O2.2C2H6/c1-2-18-19(14-5-9-17(10-6-14)26-12-11-22)13-24-21(23)20(18)15-3-7-16(25)8-4-15;2*1-2/h3-10,13,25H,2,11-12,22H2,1H3,(H2,23,24);2*1-2H3. The van der Waals surface area contributed by atoms with Crippen LogP contribution in [0.1, 0.15) is 40.2 Å². The fourth-order valence-electron chi connectivity index (χ4n) is 3.04. The maximum atomic E-state index is 9.55. The number of nitrogen functional groups attached to an aromatic ring is 1. The van der Waals surface area contributed by atoms with Crippen LogP contribution in [-0.4, -0.2) is 23.2 Å². The van der Waals surface area contributed by atoms with Crippen LogP contribution in [-0.2, 0) is 6.42 Å². The molecule has 1 aromatic heterocycles. The molecule has 3 rings (SSSR count). The first kappa shape index (κ1) is 25.0. The van der Waals surface area contributed by atoms with Gasteiger partial charge in [0.25, 0.3) is 0 Å². The van der Waals surface area contributed by atoms with Crippen molar-refractivity contribution >= 4 is 5.82 Å². The molecule has 1 heterocycles. The molecule has 0 aliphatic heterocycles. The molecular formula is C25H35N3O2. The minimum Gasteiger partial charge on any atom is -0.508 e. The van der Waals surface area contributed by atoms with E-state index in [1.807, 2.05) is 70.3 Å². The number of nitrogens with zero attached hydrogens (tertiary/aromatic N) is 1. The third kappa shape index (κ3) is 6.22. The van der Waals surface area contributed by atoms with Gasteiger partial charge in [-0.2, -0.15) is 0 Å². The van der Waals surface area contributed by atoms with Crippen LogP contribution in [0.3, 0.4) is 0 Å². The summed E-state index contributed by atoms with van der Waals surface area (Å²) >= 11 is 0. The van der Waals surface area contributed by atoms with Crippen molar-refractivity contribution in [2.24, 2.45) is 5.73 Å². The van der Waals surface area contributed by atoms with E-state index in [0.717, 1.165) is 40.0 Å². The third-order valence-electron chi connectivity index (χ3n) is 4.28. The second-order valence-corrected chi connectivity index (χ2v) is 5.97. The first-order valence-corrected chi connectivity index (χ1v) is 10.6. The zero-order valence-corrected chi connectivity index (χ0v) is 18.8. The van der Waals surface area contributed by atoms with E-state index in [1.54, 1.807) is 12.1 Å². The molecule has 0 saturated carbocycles. The lowest BCUT2D eigenvalue weighted by molar-refractivity contribution is 0.328. The highest BCUT2D eigenvalue weighted by Crippen LogP contribution is 2.36. The summed E-state index contributed by atoms with van der Waals surface area (Å²) in [7, 11) is 0. The van der Waals surface area contributed by atoms with Crippen LogP contribution in [0, 0.1) is 0 Å². The number of rotatable bonds is 6. The number of pyridine rings is 1. The van der Waals surface area contributed by atoms with E-state index in [4.69, 9.17) is 16.2 Å². The molecule has 0 aliphatic carbocycles. The van der Waals surface area contributed by atoms with Gasteiger partial charge in [-0.3, -0.25) is 0 Å². The monoisotopic (exact) mass is 409 g/mol. The molecule has 5 heteroatoms. The van der Waals surface area contributed by atoms with Crippen molar-refractivity contribution in [3.63, 3.8) is 0 Å². The van der Waals surface area contributed by atoms with E-state index in [1.165, 1.54) is 0 Å². The van der Waals surface area contributed by atoms with Crippen LogP contribution in [0.25, 0.3) is 22.3 Å². The summed E-state index contributed by atoms with van der Waals surface area (Å²) in [6, 6.07) is 14.9. The summed E-state index contributed by atoms with van der Waals surface area (Å²) < 4.78 is 5.54. The maximum Gasteiger partial charge on any atom is 0.131 e. The van der Waals surface area contributed by atoms with Crippen LogP contribution in [0.15, 0.2) is 54.7 Å². The number of phenolic OH excluding ortho intramolecular Hbond substituents is 1. The third-order valence-corrected chi connectivity index (χ3v) is 4.28. The Morgan fingerprint density at radius 3 is 2.00 bits per heavy atom. The summed E-state index contributed by atoms with van der Waals surface area (Å²) in [6.07, 6.45) is 2.62. The molecule has 0 bridgehead atoms. The van der Waals surface area contributed by atoms with Gasteiger partial charge in [-0.15, -0.1) is 0 Å². The minimum atomic E-state index is 0.225. The number of hydrogen-bond acceptors (Lipinski definition) is 5. The van der Waals surface area contributed by atoms with Gasteiger partial charge in [0.05, 0.1) is 0 Å². The summed E-state index contributed by atoms with van der Waals surface area (Å²) in [4.78, 5) is 4.40. The fourth-order valence-corrected chi connectivity index (χ4v) is 3.04. The minimum absolute atomic E-state index is 0.225. The smallest absolute Gasteiger partial charge is 0.131 e. The van der Waals surface area contributed by atoms with E-state index in [-0.39, 0.29) is 5.75 Å². The van der Waals surface area contributed by atoms with Gasteiger partial charge in [0.2, 0.25) is 0 Å². The Bertz CT molecular complexity index is 876. The van der Waals surface area contributed by atoms with Crippen molar-refractivity contribution in [3.05, 3.63) is 60.3 Å². The summed E-state index contributed by atoms with van der Waals surface area (Å²) in [6.45, 7) is 11.1. The van der Waals surface area contributed by atoms with Crippen LogP contribution in [0.5, 0.6) is 11.5 Å². The predicted octanol–water partition coefficient (Wildman–Crippen LogP) is 5.66. The van der Waals surface area contributed by atoms with Crippen molar-refractivity contribution in [3.8, 4) is 33.8 Å². The molecule has 30 heavy (non-hydrogen) atoms. The molecule has 0 unspecified atom stereocenters. The van der Waals surface area contributed by atoms with Crippen LogP contribution in [0.2, 0.25) is 0 Å². The lowest BCUT2D eigenvalue weighted by Gasteiger charge is -2.16. The van der Waals surface area contributed by atoms with Crippen molar-refractivity contribution in [1.29, 1.82) is 0 Å². The Morgan fingerprint density at radius 2 is 1.47 bits per heavy atom. The fraction of sp³-hybridized carbons (Fsp3) is 0.320. The summed E-state index contributed by atoms with van der Waals surface area (Å²) in [5.74, 6) is 1.50. The highest BCUT2D eigenvalue weighted by Gasteiger charge is 2.15. The number of aromatic hydroxyl groups is 1. The average molecular weight is 410 g/mol. The molecule has 0 radical (unpaired) electrons. The number of nitrogens with two attached hydrogens (primary N) is 2. The maximum absolute atomic E-state index is 9.55. The molecule has 0 fully saturated rings. The number of benzene rings is 2. The van der Waals surface area contributed by atoms with Gasteiger partial charge in [0, 0.05) is 23.9 Å². The molecule has 5 N–H and O–H groups in total. The van der Waals surface area contributed by atoms with Gasteiger partial charge < -0.3 is 21.3 Å². The quantitative estimate of drug-likeness (QED) is 0.488. The molecular weight excluding hydrogens is 374 g/mol. The van der Waals surface area contributed by atoms with Crippen LogP contribution < -0.4 is 16.2 Å². The Kier molecular flexibility index (Phi) is 11.0. The van der Waals surface area contributed by atoms with Crippen molar-refractivity contribution in [2.45, 2.75) is 41.0 Å². The van der Waals surface area contributed by atoms with Crippen molar-refractivity contribution < 1.29 is 9.84 Å². The van der Waals surface area contributed by atoms with Crippen LogP contribution in [0.4, 0.5) is 5.82 Å².